The Kier molecular flexibility index (Phi) is 4.37. The van der Waals surface area contributed by atoms with Gasteiger partial charge in [0, 0.05) is 19.3 Å². The van der Waals surface area contributed by atoms with E-state index in [0.717, 1.165) is 32.5 Å². The van der Waals surface area contributed by atoms with Gasteiger partial charge >= 0.3 is 0 Å². The number of anilines is 1. The SMILES string of the molecule is CN(CC1CCNCC1)c1ccc(F)cc1C(N)=O. The van der Waals surface area contributed by atoms with E-state index in [0.29, 0.717) is 11.6 Å². The number of piperidine rings is 1. The first-order valence-electron chi connectivity index (χ1n) is 6.59. The Hall–Kier alpha value is -1.62. The molecule has 5 heteroatoms. The third-order valence-corrected chi connectivity index (χ3v) is 3.63. The molecule has 1 fully saturated rings. The molecule has 0 spiro atoms. The molecular weight excluding hydrogens is 245 g/mol. The summed E-state index contributed by atoms with van der Waals surface area (Å²) < 4.78 is 13.2. The fraction of sp³-hybridized carbons (Fsp3) is 0.500. The fourth-order valence-electron chi connectivity index (χ4n) is 2.59. The summed E-state index contributed by atoms with van der Waals surface area (Å²) in [5.41, 5.74) is 6.26. The number of nitrogens with two attached hydrogens (primary N) is 1. The number of primary amides is 1. The van der Waals surface area contributed by atoms with Crippen LogP contribution >= 0.6 is 0 Å². The first kappa shape index (κ1) is 13.8. The quantitative estimate of drug-likeness (QED) is 0.864. The van der Waals surface area contributed by atoms with Crippen LogP contribution in [-0.2, 0) is 0 Å². The molecule has 0 aliphatic carbocycles. The molecule has 0 unspecified atom stereocenters. The number of hydrogen-bond donors (Lipinski definition) is 2. The molecule has 0 aromatic heterocycles. The lowest BCUT2D eigenvalue weighted by Gasteiger charge is -2.29. The van der Waals surface area contributed by atoms with Crippen LogP contribution in [0.25, 0.3) is 0 Å². The second-order valence-electron chi connectivity index (χ2n) is 5.10. The normalized spacial score (nSPS) is 16.3. The van der Waals surface area contributed by atoms with E-state index >= 15 is 0 Å². The molecule has 3 N–H and O–H groups in total. The number of rotatable bonds is 4. The maximum absolute atomic E-state index is 13.2. The minimum Gasteiger partial charge on any atom is -0.374 e. The summed E-state index contributed by atoms with van der Waals surface area (Å²) in [7, 11) is 1.92. The molecule has 2 rings (SSSR count). The van der Waals surface area contributed by atoms with Gasteiger partial charge in [0.05, 0.1) is 5.56 Å². The summed E-state index contributed by atoms with van der Waals surface area (Å²) in [4.78, 5) is 13.4. The average molecular weight is 265 g/mol. The number of nitrogens with one attached hydrogen (secondary N) is 1. The molecular formula is C14H20FN3O. The van der Waals surface area contributed by atoms with E-state index in [4.69, 9.17) is 5.73 Å². The van der Waals surface area contributed by atoms with E-state index in [1.807, 2.05) is 11.9 Å². The van der Waals surface area contributed by atoms with Crippen LogP contribution in [0.5, 0.6) is 0 Å². The summed E-state index contributed by atoms with van der Waals surface area (Å²) in [6.45, 7) is 2.92. The number of nitrogens with zero attached hydrogens (tertiary/aromatic N) is 1. The summed E-state index contributed by atoms with van der Waals surface area (Å²) in [5.74, 6) is -0.434. The average Bonchev–Trinajstić information content (AvgIpc) is 2.39. The highest BCUT2D eigenvalue weighted by molar-refractivity contribution is 5.98. The lowest BCUT2D eigenvalue weighted by Crippen LogP contribution is -2.35. The smallest absolute Gasteiger partial charge is 0.250 e. The van der Waals surface area contributed by atoms with E-state index in [1.165, 1.54) is 12.1 Å². The maximum Gasteiger partial charge on any atom is 0.250 e. The number of amides is 1. The zero-order valence-electron chi connectivity index (χ0n) is 11.2. The Labute approximate surface area is 112 Å². The van der Waals surface area contributed by atoms with Crippen LogP contribution in [0.2, 0.25) is 0 Å². The summed E-state index contributed by atoms with van der Waals surface area (Å²) in [6, 6.07) is 4.19. The Morgan fingerprint density at radius 2 is 2.16 bits per heavy atom. The second-order valence-corrected chi connectivity index (χ2v) is 5.10. The van der Waals surface area contributed by atoms with Crippen molar-refractivity contribution in [2.75, 3.05) is 31.6 Å². The standard InChI is InChI=1S/C14H20FN3O/c1-18(9-10-4-6-17-7-5-10)13-3-2-11(15)8-12(13)14(16)19/h2-3,8,10,17H,4-7,9H2,1H3,(H2,16,19). The molecule has 1 aromatic carbocycles. The van der Waals surface area contributed by atoms with E-state index in [2.05, 4.69) is 5.32 Å². The number of hydrogen-bond acceptors (Lipinski definition) is 3. The predicted octanol–water partition coefficient (Wildman–Crippen LogP) is 1.36. The highest BCUT2D eigenvalue weighted by Crippen LogP contribution is 2.23. The molecule has 1 aromatic rings. The van der Waals surface area contributed by atoms with E-state index in [1.54, 1.807) is 6.07 Å². The largest absolute Gasteiger partial charge is 0.374 e. The molecule has 4 nitrogen and oxygen atoms in total. The first-order chi connectivity index (χ1) is 9.08. The molecule has 0 radical (unpaired) electrons. The van der Waals surface area contributed by atoms with Crippen molar-refractivity contribution in [3.05, 3.63) is 29.6 Å². The zero-order valence-corrected chi connectivity index (χ0v) is 11.2. The molecule has 1 amide bonds. The van der Waals surface area contributed by atoms with Crippen LogP contribution < -0.4 is 16.0 Å². The van der Waals surface area contributed by atoms with Crippen molar-refractivity contribution in [2.45, 2.75) is 12.8 Å². The lowest BCUT2D eigenvalue weighted by atomic mass is 9.97. The van der Waals surface area contributed by atoms with Crippen molar-refractivity contribution in [1.82, 2.24) is 5.32 Å². The van der Waals surface area contributed by atoms with Crippen LogP contribution in [0.4, 0.5) is 10.1 Å². The highest BCUT2D eigenvalue weighted by atomic mass is 19.1. The van der Waals surface area contributed by atoms with Crippen molar-refractivity contribution < 1.29 is 9.18 Å². The predicted molar refractivity (Wildman–Crippen MR) is 73.8 cm³/mol. The van der Waals surface area contributed by atoms with Gasteiger partial charge in [-0.3, -0.25) is 4.79 Å². The van der Waals surface area contributed by atoms with Crippen molar-refractivity contribution in [1.29, 1.82) is 0 Å². The Balaban J connectivity index is 2.13. The summed E-state index contributed by atoms with van der Waals surface area (Å²) in [5, 5.41) is 3.32. The summed E-state index contributed by atoms with van der Waals surface area (Å²) >= 11 is 0. The maximum atomic E-state index is 13.2. The summed E-state index contributed by atoms with van der Waals surface area (Å²) in [6.07, 6.45) is 2.24. The van der Waals surface area contributed by atoms with Gasteiger partial charge in [-0.1, -0.05) is 0 Å². The Bertz CT molecular complexity index is 458. The van der Waals surface area contributed by atoms with E-state index < -0.39 is 11.7 Å². The topological polar surface area (TPSA) is 58.4 Å². The van der Waals surface area contributed by atoms with Gasteiger partial charge in [-0.15, -0.1) is 0 Å². The molecule has 1 aliphatic rings. The van der Waals surface area contributed by atoms with Crippen LogP contribution in [0, 0.1) is 11.7 Å². The van der Waals surface area contributed by atoms with Crippen LogP contribution in [0.1, 0.15) is 23.2 Å². The van der Waals surface area contributed by atoms with Crippen molar-refractivity contribution >= 4 is 11.6 Å². The van der Waals surface area contributed by atoms with Gasteiger partial charge in [-0.25, -0.2) is 4.39 Å². The van der Waals surface area contributed by atoms with Gasteiger partial charge in [0.15, 0.2) is 0 Å². The molecule has 0 bridgehead atoms. The van der Waals surface area contributed by atoms with Crippen LogP contribution in [-0.4, -0.2) is 32.6 Å². The molecule has 1 aliphatic heterocycles. The van der Waals surface area contributed by atoms with Crippen molar-refractivity contribution in [2.24, 2.45) is 11.7 Å². The lowest BCUT2D eigenvalue weighted by molar-refractivity contribution is 0.100. The van der Waals surface area contributed by atoms with E-state index in [-0.39, 0.29) is 5.56 Å². The highest BCUT2D eigenvalue weighted by Gasteiger charge is 2.18. The van der Waals surface area contributed by atoms with Gasteiger partial charge in [-0.2, -0.15) is 0 Å². The molecule has 19 heavy (non-hydrogen) atoms. The second kappa shape index (κ2) is 6.02. The number of carbonyl (C=O) groups excluding carboxylic acids is 1. The number of halogens is 1. The van der Waals surface area contributed by atoms with Gasteiger partial charge < -0.3 is 16.0 Å². The fourth-order valence-corrected chi connectivity index (χ4v) is 2.59. The third-order valence-electron chi connectivity index (χ3n) is 3.63. The van der Waals surface area contributed by atoms with E-state index in [9.17, 15) is 9.18 Å². The molecule has 1 saturated heterocycles. The Morgan fingerprint density at radius 3 is 2.79 bits per heavy atom. The van der Waals surface area contributed by atoms with Gasteiger partial charge in [0.25, 0.3) is 5.91 Å². The molecule has 0 saturated carbocycles. The zero-order chi connectivity index (χ0) is 13.8. The van der Waals surface area contributed by atoms with Gasteiger partial charge in [0.2, 0.25) is 0 Å². The van der Waals surface area contributed by atoms with Crippen LogP contribution in [0.3, 0.4) is 0 Å². The van der Waals surface area contributed by atoms with Crippen LogP contribution in [0.15, 0.2) is 18.2 Å². The monoisotopic (exact) mass is 265 g/mol. The molecule has 1 heterocycles. The van der Waals surface area contributed by atoms with Gasteiger partial charge in [0.1, 0.15) is 5.82 Å². The number of benzene rings is 1. The van der Waals surface area contributed by atoms with Gasteiger partial charge in [-0.05, 0) is 50.0 Å². The third kappa shape index (κ3) is 3.44. The first-order valence-corrected chi connectivity index (χ1v) is 6.59. The minimum absolute atomic E-state index is 0.247. The molecule has 0 atom stereocenters. The minimum atomic E-state index is -0.591. The van der Waals surface area contributed by atoms with Crippen molar-refractivity contribution in [3.8, 4) is 0 Å². The Morgan fingerprint density at radius 1 is 1.47 bits per heavy atom. The van der Waals surface area contributed by atoms with Crippen molar-refractivity contribution in [3.63, 3.8) is 0 Å². The molecule has 104 valence electrons. The number of carbonyl (C=O) groups is 1.